The highest BCUT2D eigenvalue weighted by atomic mass is 35.5. The second kappa shape index (κ2) is 5.39. The summed E-state index contributed by atoms with van der Waals surface area (Å²) < 4.78 is 0. The van der Waals surface area contributed by atoms with Gasteiger partial charge in [-0.05, 0) is 6.72 Å². The van der Waals surface area contributed by atoms with Crippen molar-refractivity contribution in [3.05, 3.63) is 11.5 Å². The molecule has 0 bridgehead atoms. The minimum Gasteiger partial charge on any atom is -0.364 e. The summed E-state index contributed by atoms with van der Waals surface area (Å²) in [5.41, 5.74) is 4.86. The van der Waals surface area contributed by atoms with Crippen molar-refractivity contribution >= 4 is 30.3 Å². The fraction of sp³-hybridized carbons (Fsp3) is 0.375. The molecule has 92 valence electrons. The fourth-order valence-electron chi connectivity index (χ4n) is 1.15. The Balaban J connectivity index is 3.15. The maximum absolute atomic E-state index is 11.8. The van der Waals surface area contributed by atoms with Crippen LogP contribution in [0.1, 0.15) is 0 Å². The number of hydrogen-bond acceptors (Lipinski definition) is 5. The Bertz CT molecular complexity index is 418. The Morgan fingerprint density at radius 1 is 1.65 bits per heavy atom. The Morgan fingerprint density at radius 2 is 2.29 bits per heavy atom. The van der Waals surface area contributed by atoms with Crippen molar-refractivity contribution in [2.45, 2.75) is 0 Å². The lowest BCUT2D eigenvalue weighted by atomic mass is 10.4. The molecule has 1 rings (SSSR count). The minimum atomic E-state index is -0.834. The van der Waals surface area contributed by atoms with Crippen molar-refractivity contribution in [1.82, 2.24) is 9.91 Å². The molecular weight excluding hydrogens is 248 g/mol. The molecule has 17 heavy (non-hydrogen) atoms. The van der Waals surface area contributed by atoms with Crippen molar-refractivity contribution in [1.29, 1.82) is 0 Å². The van der Waals surface area contributed by atoms with Crippen LogP contribution in [-0.2, 0) is 4.79 Å². The molecule has 1 heterocycles. The summed E-state index contributed by atoms with van der Waals surface area (Å²) >= 11 is 5.50. The molecule has 9 heteroatoms. The van der Waals surface area contributed by atoms with Gasteiger partial charge < -0.3 is 5.73 Å². The second-order valence-electron chi connectivity index (χ2n) is 3.04. The Hall–Kier alpha value is -1.96. The summed E-state index contributed by atoms with van der Waals surface area (Å²) in [7, 11) is 1.42. The first-order valence-electron chi connectivity index (χ1n) is 4.56. The lowest BCUT2D eigenvalue weighted by Gasteiger charge is -2.27. The number of hydrogen-bond donors (Lipinski definition) is 1. The quantitative estimate of drug-likeness (QED) is 0.445. The average Bonchev–Trinajstić information content (AvgIpc) is 2.28. The molecule has 0 saturated heterocycles. The van der Waals surface area contributed by atoms with Crippen LogP contribution in [0.2, 0.25) is 0 Å². The minimum absolute atomic E-state index is 0.0386. The molecule has 0 aromatic heterocycles. The molecule has 1 aliphatic rings. The molecule has 8 nitrogen and oxygen atoms in total. The third-order valence-corrected chi connectivity index (χ3v) is 2.14. The lowest BCUT2D eigenvalue weighted by molar-refractivity contribution is -0.114. The molecule has 0 aliphatic carbocycles. The van der Waals surface area contributed by atoms with Crippen LogP contribution in [0.15, 0.2) is 26.8 Å². The van der Waals surface area contributed by atoms with Gasteiger partial charge in [0.2, 0.25) is 0 Å². The van der Waals surface area contributed by atoms with Gasteiger partial charge in [-0.15, -0.1) is 16.7 Å². The standard InChI is InChI=1S/C8H11ClN6O2/c1-11-5(6(10)16)7-12-13-15(4-3-9)8(17)14(7)2/h1,3-4H2,2H3,(H2,10,16)/b7-5-. The number of carbonyl (C=O) groups excluding carboxylic acids is 2. The highest BCUT2D eigenvalue weighted by molar-refractivity contribution is 6.18. The van der Waals surface area contributed by atoms with Gasteiger partial charge in [0.05, 0.1) is 6.54 Å². The molecule has 0 aromatic carbocycles. The zero-order valence-corrected chi connectivity index (χ0v) is 9.89. The van der Waals surface area contributed by atoms with Gasteiger partial charge in [-0.2, -0.15) is 5.01 Å². The predicted molar refractivity (Wildman–Crippen MR) is 61.2 cm³/mol. The number of amides is 3. The highest BCUT2D eigenvalue weighted by Crippen LogP contribution is 2.19. The molecule has 0 atom stereocenters. The van der Waals surface area contributed by atoms with E-state index in [-0.39, 0.29) is 23.9 Å². The van der Waals surface area contributed by atoms with E-state index in [2.05, 4.69) is 22.0 Å². The molecule has 0 spiro atoms. The van der Waals surface area contributed by atoms with Crippen LogP contribution in [0.4, 0.5) is 4.79 Å². The Kier molecular flexibility index (Phi) is 4.16. The predicted octanol–water partition coefficient (Wildman–Crippen LogP) is 0.315. The van der Waals surface area contributed by atoms with E-state index in [4.69, 9.17) is 17.3 Å². The van der Waals surface area contributed by atoms with Gasteiger partial charge in [0, 0.05) is 12.9 Å². The van der Waals surface area contributed by atoms with Crippen LogP contribution in [0, 0.1) is 0 Å². The largest absolute Gasteiger partial charge is 0.364 e. The Labute approximate surface area is 102 Å². The van der Waals surface area contributed by atoms with Gasteiger partial charge in [-0.25, -0.2) is 4.79 Å². The van der Waals surface area contributed by atoms with Gasteiger partial charge in [0.25, 0.3) is 5.91 Å². The molecule has 0 aromatic rings. The van der Waals surface area contributed by atoms with E-state index in [0.717, 1.165) is 9.91 Å². The van der Waals surface area contributed by atoms with E-state index in [9.17, 15) is 9.59 Å². The monoisotopic (exact) mass is 258 g/mol. The molecule has 2 N–H and O–H groups in total. The lowest BCUT2D eigenvalue weighted by Crippen LogP contribution is -2.41. The highest BCUT2D eigenvalue weighted by Gasteiger charge is 2.28. The third kappa shape index (κ3) is 2.59. The van der Waals surface area contributed by atoms with Gasteiger partial charge in [0.15, 0.2) is 11.5 Å². The summed E-state index contributed by atoms with van der Waals surface area (Å²) in [6.45, 7) is 3.41. The number of rotatable bonds is 4. The van der Waals surface area contributed by atoms with E-state index in [1.807, 2.05) is 0 Å². The number of nitrogens with zero attached hydrogens (tertiary/aromatic N) is 5. The molecule has 0 fully saturated rings. The third-order valence-electron chi connectivity index (χ3n) is 1.97. The number of halogens is 1. The normalized spacial score (nSPS) is 18.4. The van der Waals surface area contributed by atoms with Crippen molar-refractivity contribution in [3.8, 4) is 0 Å². The molecule has 1 aliphatic heterocycles. The van der Waals surface area contributed by atoms with Gasteiger partial charge >= 0.3 is 6.03 Å². The van der Waals surface area contributed by atoms with Gasteiger partial charge in [0.1, 0.15) is 0 Å². The summed E-state index contributed by atoms with van der Waals surface area (Å²) in [4.78, 5) is 27.3. The number of nitrogens with two attached hydrogens (primary N) is 1. The van der Waals surface area contributed by atoms with Crippen molar-refractivity contribution < 1.29 is 9.59 Å². The van der Waals surface area contributed by atoms with E-state index >= 15 is 0 Å². The van der Waals surface area contributed by atoms with E-state index in [1.54, 1.807) is 0 Å². The van der Waals surface area contributed by atoms with Crippen LogP contribution in [0.3, 0.4) is 0 Å². The molecule has 0 radical (unpaired) electrons. The summed E-state index contributed by atoms with van der Waals surface area (Å²) in [6, 6.07) is -0.474. The van der Waals surface area contributed by atoms with Crippen LogP contribution >= 0.6 is 11.6 Å². The van der Waals surface area contributed by atoms with Crippen molar-refractivity contribution in [2.24, 2.45) is 21.1 Å². The van der Waals surface area contributed by atoms with Gasteiger partial charge in [-0.1, -0.05) is 5.22 Å². The van der Waals surface area contributed by atoms with Crippen LogP contribution in [0.25, 0.3) is 0 Å². The Morgan fingerprint density at radius 3 is 2.76 bits per heavy atom. The van der Waals surface area contributed by atoms with Crippen molar-refractivity contribution in [2.75, 3.05) is 19.5 Å². The van der Waals surface area contributed by atoms with Crippen LogP contribution < -0.4 is 5.73 Å². The number of carbonyl (C=O) groups is 2. The SMILES string of the molecule is C=N/C(C(N)=O)=C1/N=NN(CCCl)C(=O)N1C. The number of alkyl halides is 1. The first kappa shape index (κ1) is 13.1. The zero-order chi connectivity index (χ0) is 13.0. The number of urea groups is 1. The van der Waals surface area contributed by atoms with Gasteiger partial charge in [-0.3, -0.25) is 14.7 Å². The molecule has 3 amide bonds. The second-order valence-corrected chi connectivity index (χ2v) is 3.42. The smallest absolute Gasteiger partial charge is 0.347 e. The van der Waals surface area contributed by atoms with E-state index in [0.29, 0.717) is 0 Å². The van der Waals surface area contributed by atoms with Crippen molar-refractivity contribution in [3.63, 3.8) is 0 Å². The summed E-state index contributed by atoms with van der Waals surface area (Å²) in [5, 5.41) is 8.38. The fourth-order valence-corrected chi connectivity index (χ4v) is 1.31. The summed E-state index contributed by atoms with van der Waals surface area (Å²) in [6.07, 6.45) is 0. The summed E-state index contributed by atoms with van der Waals surface area (Å²) in [5.74, 6) is -0.650. The maximum Gasteiger partial charge on any atom is 0.347 e. The molecule has 0 saturated carbocycles. The van der Waals surface area contributed by atoms with E-state index in [1.165, 1.54) is 7.05 Å². The van der Waals surface area contributed by atoms with E-state index < -0.39 is 11.9 Å². The first-order chi connectivity index (χ1) is 8.02. The molecular formula is C8H11ClN6O2. The molecule has 0 unspecified atom stereocenters. The van der Waals surface area contributed by atoms with Crippen LogP contribution in [0.5, 0.6) is 0 Å². The van der Waals surface area contributed by atoms with Crippen LogP contribution in [-0.4, -0.2) is 48.0 Å². The number of primary amides is 1. The average molecular weight is 259 g/mol. The first-order valence-corrected chi connectivity index (χ1v) is 5.10. The maximum atomic E-state index is 11.8. The zero-order valence-electron chi connectivity index (χ0n) is 9.13. The number of aliphatic imine (C=N–C) groups is 1. The topological polar surface area (TPSA) is 104 Å².